The Morgan fingerprint density at radius 1 is 0.917 bits per heavy atom. The van der Waals surface area contributed by atoms with E-state index in [4.69, 9.17) is 0 Å². The second kappa shape index (κ2) is 6.23. The molecule has 0 bridgehead atoms. The summed E-state index contributed by atoms with van der Waals surface area (Å²) in [5, 5.41) is 4.64. The summed E-state index contributed by atoms with van der Waals surface area (Å²) in [5.41, 5.74) is 0.990. The van der Waals surface area contributed by atoms with E-state index in [0.717, 1.165) is 42.4 Å². The van der Waals surface area contributed by atoms with Crippen LogP contribution < -0.4 is 5.32 Å². The molecule has 2 amide bonds. The lowest BCUT2D eigenvalue weighted by Crippen LogP contribution is -2.43. The number of fused-ring (bicyclic) bond motifs is 1. The molecule has 0 atom stereocenters. The molecule has 5 nitrogen and oxygen atoms in total. The van der Waals surface area contributed by atoms with Crippen LogP contribution in [-0.4, -0.2) is 33.8 Å². The molecule has 0 unspecified atom stereocenters. The van der Waals surface area contributed by atoms with Gasteiger partial charge in [-0.1, -0.05) is 18.2 Å². The molecule has 2 fully saturated rings. The van der Waals surface area contributed by atoms with Gasteiger partial charge in [0.1, 0.15) is 5.82 Å². The third kappa shape index (κ3) is 2.86. The fraction of sp³-hybridized carbons (Fsp3) is 0.421. The van der Waals surface area contributed by atoms with E-state index in [2.05, 4.69) is 22.4 Å². The number of carbonyl (C=O) groups excluding carboxylic acids is 2. The Morgan fingerprint density at radius 2 is 1.62 bits per heavy atom. The first-order chi connectivity index (χ1) is 11.7. The van der Waals surface area contributed by atoms with Gasteiger partial charge in [0.2, 0.25) is 11.8 Å². The standard InChI is InChI=1S/C19H21N3O2/c23-18-11-12-19(24)22(18)15-8-6-14(7-9-15)20-17-10-5-13-3-1-2-4-16(13)21-17/h1-5,10,14-15H,6-9,11-12H2,(H,20,21). The van der Waals surface area contributed by atoms with Crippen LogP contribution in [0.5, 0.6) is 0 Å². The third-order valence-electron chi connectivity index (χ3n) is 5.10. The molecule has 2 heterocycles. The fourth-order valence-corrected chi connectivity index (χ4v) is 3.84. The Bertz CT molecular complexity index is 765. The molecule has 1 aromatic heterocycles. The molecular formula is C19H21N3O2. The SMILES string of the molecule is O=C1CCC(=O)N1C1CCC(Nc2ccc3ccccc3n2)CC1. The van der Waals surface area contributed by atoms with Crippen LogP contribution in [0.2, 0.25) is 0 Å². The third-order valence-corrected chi connectivity index (χ3v) is 5.10. The molecule has 124 valence electrons. The lowest BCUT2D eigenvalue weighted by molar-refractivity contribution is -0.141. The molecule has 2 aromatic rings. The molecule has 4 rings (SSSR count). The van der Waals surface area contributed by atoms with E-state index in [9.17, 15) is 9.59 Å². The van der Waals surface area contributed by atoms with Crippen LogP contribution in [0.15, 0.2) is 36.4 Å². The molecule has 1 aromatic carbocycles. The number of nitrogens with one attached hydrogen (secondary N) is 1. The Hall–Kier alpha value is -2.43. The molecule has 1 saturated carbocycles. The van der Waals surface area contributed by atoms with Gasteiger partial charge in [-0.3, -0.25) is 14.5 Å². The highest BCUT2D eigenvalue weighted by molar-refractivity contribution is 6.02. The van der Waals surface area contributed by atoms with Gasteiger partial charge >= 0.3 is 0 Å². The molecule has 0 radical (unpaired) electrons. The number of imide groups is 1. The number of nitrogens with zero attached hydrogens (tertiary/aromatic N) is 2. The number of aromatic nitrogens is 1. The minimum atomic E-state index is 0.00704. The van der Waals surface area contributed by atoms with Crippen molar-refractivity contribution in [1.82, 2.24) is 9.88 Å². The first-order valence-electron chi connectivity index (χ1n) is 8.68. The van der Waals surface area contributed by atoms with Crippen molar-refractivity contribution in [3.8, 4) is 0 Å². The van der Waals surface area contributed by atoms with Gasteiger partial charge in [0, 0.05) is 30.3 Å². The molecular weight excluding hydrogens is 302 g/mol. The average Bonchev–Trinajstić information content (AvgIpc) is 2.94. The first-order valence-corrected chi connectivity index (χ1v) is 8.68. The van der Waals surface area contributed by atoms with E-state index >= 15 is 0 Å². The zero-order chi connectivity index (χ0) is 16.5. The first kappa shape index (κ1) is 15.1. The van der Waals surface area contributed by atoms with Gasteiger partial charge in [0.25, 0.3) is 0 Å². The highest BCUT2D eigenvalue weighted by Crippen LogP contribution is 2.29. The molecule has 2 aliphatic rings. The van der Waals surface area contributed by atoms with Crippen molar-refractivity contribution >= 4 is 28.5 Å². The number of hydrogen-bond donors (Lipinski definition) is 1. The summed E-state index contributed by atoms with van der Waals surface area (Å²) in [7, 11) is 0. The molecule has 24 heavy (non-hydrogen) atoms. The van der Waals surface area contributed by atoms with Gasteiger partial charge in [-0.25, -0.2) is 4.98 Å². The van der Waals surface area contributed by atoms with Gasteiger partial charge in [-0.2, -0.15) is 0 Å². The number of likely N-dealkylation sites (tertiary alicyclic amines) is 1. The minimum absolute atomic E-state index is 0.00704. The van der Waals surface area contributed by atoms with Crippen LogP contribution in [0, 0.1) is 0 Å². The second-order valence-corrected chi connectivity index (χ2v) is 6.70. The van der Waals surface area contributed by atoms with Crippen molar-refractivity contribution in [1.29, 1.82) is 0 Å². The Morgan fingerprint density at radius 3 is 2.38 bits per heavy atom. The Balaban J connectivity index is 1.39. The fourth-order valence-electron chi connectivity index (χ4n) is 3.84. The zero-order valence-corrected chi connectivity index (χ0v) is 13.6. The molecule has 5 heteroatoms. The highest BCUT2D eigenvalue weighted by atomic mass is 16.2. The number of para-hydroxylation sites is 1. The summed E-state index contributed by atoms with van der Waals surface area (Å²) in [6, 6.07) is 12.6. The minimum Gasteiger partial charge on any atom is -0.367 e. The Labute approximate surface area is 141 Å². The van der Waals surface area contributed by atoms with E-state index < -0.39 is 0 Å². The number of pyridine rings is 1. The molecule has 1 saturated heterocycles. The number of anilines is 1. The molecule has 0 spiro atoms. The van der Waals surface area contributed by atoms with E-state index in [-0.39, 0.29) is 17.9 Å². The van der Waals surface area contributed by atoms with Crippen LogP contribution in [-0.2, 0) is 9.59 Å². The molecule has 1 N–H and O–H groups in total. The average molecular weight is 323 g/mol. The van der Waals surface area contributed by atoms with E-state index in [0.29, 0.717) is 18.9 Å². The number of amides is 2. The molecule has 1 aliphatic carbocycles. The van der Waals surface area contributed by atoms with Crippen molar-refractivity contribution in [2.24, 2.45) is 0 Å². The van der Waals surface area contributed by atoms with E-state index in [1.807, 2.05) is 24.3 Å². The maximum absolute atomic E-state index is 11.9. The topological polar surface area (TPSA) is 62.3 Å². The largest absolute Gasteiger partial charge is 0.367 e. The van der Waals surface area contributed by atoms with E-state index in [1.165, 1.54) is 4.90 Å². The monoisotopic (exact) mass is 323 g/mol. The molecule has 1 aliphatic heterocycles. The Kier molecular flexibility index (Phi) is 3.92. The zero-order valence-electron chi connectivity index (χ0n) is 13.6. The van der Waals surface area contributed by atoms with Crippen LogP contribution in [0.3, 0.4) is 0 Å². The van der Waals surface area contributed by atoms with Gasteiger partial charge < -0.3 is 5.32 Å². The number of rotatable bonds is 3. The van der Waals surface area contributed by atoms with Gasteiger partial charge in [-0.15, -0.1) is 0 Å². The second-order valence-electron chi connectivity index (χ2n) is 6.70. The number of benzene rings is 1. The smallest absolute Gasteiger partial charge is 0.229 e. The van der Waals surface area contributed by atoms with Crippen LogP contribution in [0.25, 0.3) is 10.9 Å². The maximum Gasteiger partial charge on any atom is 0.229 e. The van der Waals surface area contributed by atoms with Crippen LogP contribution in [0.4, 0.5) is 5.82 Å². The van der Waals surface area contributed by atoms with Crippen molar-refractivity contribution in [2.45, 2.75) is 50.6 Å². The summed E-state index contributed by atoms with van der Waals surface area (Å²) < 4.78 is 0. The lowest BCUT2D eigenvalue weighted by Gasteiger charge is -2.34. The van der Waals surface area contributed by atoms with Crippen molar-refractivity contribution in [2.75, 3.05) is 5.32 Å². The maximum atomic E-state index is 11.9. The predicted molar refractivity (Wildman–Crippen MR) is 92.5 cm³/mol. The lowest BCUT2D eigenvalue weighted by atomic mass is 9.90. The predicted octanol–water partition coefficient (Wildman–Crippen LogP) is 3.11. The summed E-state index contributed by atoms with van der Waals surface area (Å²) in [4.78, 5) is 29.9. The quantitative estimate of drug-likeness (QED) is 0.882. The number of hydrogen-bond acceptors (Lipinski definition) is 4. The normalized spacial score (nSPS) is 24.6. The summed E-state index contributed by atoms with van der Waals surface area (Å²) >= 11 is 0. The van der Waals surface area contributed by atoms with Crippen molar-refractivity contribution in [3.63, 3.8) is 0 Å². The summed E-state index contributed by atoms with van der Waals surface area (Å²) in [6.45, 7) is 0. The van der Waals surface area contributed by atoms with Crippen molar-refractivity contribution in [3.05, 3.63) is 36.4 Å². The summed E-state index contributed by atoms with van der Waals surface area (Å²) in [5.74, 6) is 0.908. The summed E-state index contributed by atoms with van der Waals surface area (Å²) in [6.07, 6.45) is 4.44. The van der Waals surface area contributed by atoms with Gasteiger partial charge in [0.15, 0.2) is 0 Å². The van der Waals surface area contributed by atoms with Crippen molar-refractivity contribution < 1.29 is 9.59 Å². The highest BCUT2D eigenvalue weighted by Gasteiger charge is 2.36. The van der Waals surface area contributed by atoms with Crippen LogP contribution >= 0.6 is 0 Å². The van der Waals surface area contributed by atoms with Gasteiger partial charge in [-0.05, 0) is 43.9 Å². The van der Waals surface area contributed by atoms with Crippen LogP contribution in [0.1, 0.15) is 38.5 Å². The van der Waals surface area contributed by atoms with Gasteiger partial charge in [0.05, 0.1) is 5.52 Å². The number of carbonyl (C=O) groups is 2. The van der Waals surface area contributed by atoms with E-state index in [1.54, 1.807) is 0 Å².